The van der Waals surface area contributed by atoms with Gasteiger partial charge in [0.1, 0.15) is 29.3 Å². The van der Waals surface area contributed by atoms with Crippen LogP contribution in [0.1, 0.15) is 51.9 Å². The van der Waals surface area contributed by atoms with Crippen LogP contribution in [-0.4, -0.2) is 32.8 Å². The van der Waals surface area contributed by atoms with Gasteiger partial charge in [-0.3, -0.25) is 0 Å². The number of nitrogen functional groups attached to an aromatic ring is 1. The molecule has 0 saturated heterocycles. The SMILES string of the molecule is CCc1nc2c(N)nc3cc(OCc4ccccc4)ccc3c2n1CCCCNC(=O)OC(C)(C)C. The molecule has 4 rings (SSSR count). The normalized spacial score (nSPS) is 11.7. The van der Waals surface area contributed by atoms with Crippen LogP contribution in [0.15, 0.2) is 48.5 Å². The highest BCUT2D eigenvalue weighted by atomic mass is 16.6. The lowest BCUT2D eigenvalue weighted by Gasteiger charge is -2.19. The lowest BCUT2D eigenvalue weighted by molar-refractivity contribution is 0.0527. The summed E-state index contributed by atoms with van der Waals surface area (Å²) in [6.07, 6.45) is 2.08. The van der Waals surface area contributed by atoms with E-state index in [0.717, 1.165) is 64.9 Å². The minimum atomic E-state index is -0.503. The van der Waals surface area contributed by atoms with Crippen molar-refractivity contribution in [2.24, 2.45) is 0 Å². The van der Waals surface area contributed by atoms with Gasteiger partial charge >= 0.3 is 6.09 Å². The summed E-state index contributed by atoms with van der Waals surface area (Å²) >= 11 is 0. The Balaban J connectivity index is 1.51. The molecule has 0 aliphatic carbocycles. The van der Waals surface area contributed by atoms with Crippen LogP contribution in [0, 0.1) is 0 Å². The van der Waals surface area contributed by atoms with Crippen LogP contribution >= 0.6 is 0 Å². The molecule has 0 atom stereocenters. The maximum absolute atomic E-state index is 11.9. The van der Waals surface area contributed by atoms with Gasteiger partial charge in [0, 0.05) is 31.0 Å². The van der Waals surface area contributed by atoms with Crippen molar-refractivity contribution in [2.45, 2.75) is 65.7 Å². The maximum atomic E-state index is 11.9. The number of carbonyl (C=O) groups excluding carboxylic acids is 1. The summed E-state index contributed by atoms with van der Waals surface area (Å²) in [6, 6.07) is 16.0. The number of aryl methyl sites for hydroxylation is 2. The number of benzene rings is 2. The molecule has 2 aromatic heterocycles. The fourth-order valence-electron chi connectivity index (χ4n) is 4.18. The first-order valence-corrected chi connectivity index (χ1v) is 12.5. The van der Waals surface area contributed by atoms with E-state index in [1.54, 1.807) is 0 Å². The molecule has 0 aliphatic heterocycles. The minimum absolute atomic E-state index is 0.389. The standard InChI is InChI=1S/C28H35N5O3/c1-5-23-32-24-25(33(23)16-10-9-15-30-27(34)36-28(2,3)4)21-14-13-20(17-22(21)31-26(24)29)35-18-19-11-7-6-8-12-19/h6-8,11-14,17H,5,9-10,15-16,18H2,1-4H3,(H2,29,31)(H,30,34). The zero-order valence-electron chi connectivity index (χ0n) is 21.5. The highest BCUT2D eigenvalue weighted by Gasteiger charge is 2.18. The Kier molecular flexibility index (Phi) is 7.62. The lowest BCUT2D eigenvalue weighted by atomic mass is 10.1. The van der Waals surface area contributed by atoms with Crippen LogP contribution < -0.4 is 15.8 Å². The molecule has 2 heterocycles. The Labute approximate surface area is 211 Å². The van der Waals surface area contributed by atoms with E-state index in [1.165, 1.54) is 0 Å². The average molecular weight is 490 g/mol. The Hall–Kier alpha value is -3.81. The third kappa shape index (κ3) is 6.05. The molecule has 0 saturated carbocycles. The molecule has 0 unspecified atom stereocenters. The summed E-state index contributed by atoms with van der Waals surface area (Å²) in [5.74, 6) is 2.13. The van der Waals surface area contributed by atoms with E-state index >= 15 is 0 Å². The van der Waals surface area contributed by atoms with Gasteiger partial charge in [-0.1, -0.05) is 37.3 Å². The van der Waals surface area contributed by atoms with Crippen LogP contribution in [0.4, 0.5) is 10.6 Å². The number of aromatic nitrogens is 3. The van der Waals surface area contributed by atoms with Gasteiger partial charge in [0.2, 0.25) is 0 Å². The van der Waals surface area contributed by atoms with Crippen LogP contribution in [0.25, 0.3) is 21.9 Å². The number of anilines is 1. The maximum Gasteiger partial charge on any atom is 0.407 e. The van der Waals surface area contributed by atoms with Crippen LogP contribution in [0.3, 0.4) is 0 Å². The summed E-state index contributed by atoms with van der Waals surface area (Å²) in [5.41, 5.74) is 9.44. The van der Waals surface area contributed by atoms with E-state index in [9.17, 15) is 4.79 Å². The van der Waals surface area contributed by atoms with Crippen molar-refractivity contribution < 1.29 is 14.3 Å². The molecule has 0 radical (unpaired) electrons. The molecule has 1 amide bonds. The fourth-order valence-corrected chi connectivity index (χ4v) is 4.18. The van der Waals surface area contributed by atoms with Gasteiger partial charge in [-0.15, -0.1) is 0 Å². The van der Waals surface area contributed by atoms with Gasteiger partial charge in [-0.25, -0.2) is 14.8 Å². The second-order valence-corrected chi connectivity index (χ2v) is 9.82. The van der Waals surface area contributed by atoms with E-state index in [-0.39, 0.29) is 6.09 Å². The van der Waals surface area contributed by atoms with Crippen molar-refractivity contribution in [3.63, 3.8) is 0 Å². The van der Waals surface area contributed by atoms with Crippen LogP contribution in [0.5, 0.6) is 5.75 Å². The number of pyridine rings is 1. The highest BCUT2D eigenvalue weighted by molar-refractivity contribution is 6.06. The molecule has 36 heavy (non-hydrogen) atoms. The van der Waals surface area contributed by atoms with Gasteiger partial charge in [-0.05, 0) is 51.3 Å². The number of nitrogens with zero attached hydrogens (tertiary/aromatic N) is 3. The Bertz CT molecular complexity index is 1340. The highest BCUT2D eigenvalue weighted by Crippen LogP contribution is 2.31. The first kappa shape index (κ1) is 25.3. The molecule has 2 aromatic carbocycles. The van der Waals surface area contributed by atoms with E-state index in [1.807, 2.05) is 69.3 Å². The second kappa shape index (κ2) is 10.8. The first-order chi connectivity index (χ1) is 17.2. The summed E-state index contributed by atoms with van der Waals surface area (Å²) in [7, 11) is 0. The van der Waals surface area contributed by atoms with Crippen LogP contribution in [0.2, 0.25) is 0 Å². The number of hydrogen-bond donors (Lipinski definition) is 2. The molecule has 190 valence electrons. The number of imidazole rings is 1. The van der Waals surface area contributed by atoms with Crippen molar-refractivity contribution in [2.75, 3.05) is 12.3 Å². The molecule has 0 spiro atoms. The van der Waals surface area contributed by atoms with Crippen molar-refractivity contribution in [3.05, 3.63) is 59.9 Å². The number of ether oxygens (including phenoxy) is 2. The van der Waals surface area contributed by atoms with Crippen molar-refractivity contribution in [1.82, 2.24) is 19.9 Å². The lowest BCUT2D eigenvalue weighted by Crippen LogP contribution is -2.33. The number of hydrogen-bond acceptors (Lipinski definition) is 6. The molecule has 8 heteroatoms. The Morgan fingerprint density at radius 1 is 1.08 bits per heavy atom. The predicted octanol–water partition coefficient (Wildman–Crippen LogP) is 5.61. The monoisotopic (exact) mass is 489 g/mol. The minimum Gasteiger partial charge on any atom is -0.489 e. The summed E-state index contributed by atoms with van der Waals surface area (Å²) in [6.45, 7) is 9.45. The number of nitrogens with one attached hydrogen (secondary N) is 1. The number of alkyl carbamates (subject to hydrolysis) is 1. The smallest absolute Gasteiger partial charge is 0.407 e. The van der Waals surface area contributed by atoms with Gasteiger partial charge in [-0.2, -0.15) is 0 Å². The second-order valence-electron chi connectivity index (χ2n) is 9.82. The molecular weight excluding hydrogens is 454 g/mol. The molecular formula is C28H35N5O3. The quantitative estimate of drug-likeness (QED) is 0.296. The van der Waals surface area contributed by atoms with Gasteiger partial charge in [0.15, 0.2) is 5.82 Å². The molecule has 3 N–H and O–H groups in total. The Morgan fingerprint density at radius 3 is 2.58 bits per heavy atom. The number of nitrogens with two attached hydrogens (primary N) is 1. The topological polar surface area (TPSA) is 104 Å². The molecule has 0 fully saturated rings. The zero-order valence-corrected chi connectivity index (χ0v) is 21.5. The van der Waals surface area contributed by atoms with Crippen molar-refractivity contribution in [1.29, 1.82) is 0 Å². The number of carbonyl (C=O) groups is 1. The van der Waals surface area contributed by atoms with E-state index in [0.29, 0.717) is 19.0 Å². The number of amides is 1. The first-order valence-electron chi connectivity index (χ1n) is 12.5. The van der Waals surface area contributed by atoms with Crippen LogP contribution in [-0.2, 0) is 24.3 Å². The predicted molar refractivity (Wildman–Crippen MR) is 143 cm³/mol. The third-order valence-corrected chi connectivity index (χ3v) is 5.80. The molecule has 0 bridgehead atoms. The Morgan fingerprint density at radius 2 is 1.86 bits per heavy atom. The summed E-state index contributed by atoms with van der Waals surface area (Å²) in [4.78, 5) is 21.3. The number of rotatable bonds is 9. The van der Waals surface area contributed by atoms with Gasteiger partial charge < -0.3 is 25.1 Å². The van der Waals surface area contributed by atoms with Gasteiger partial charge in [0.25, 0.3) is 0 Å². The van der Waals surface area contributed by atoms with E-state index < -0.39 is 5.60 Å². The zero-order chi connectivity index (χ0) is 25.7. The molecule has 0 aliphatic rings. The van der Waals surface area contributed by atoms with E-state index in [4.69, 9.17) is 20.2 Å². The summed E-state index contributed by atoms with van der Waals surface area (Å²) in [5, 5.41) is 3.81. The summed E-state index contributed by atoms with van der Waals surface area (Å²) < 4.78 is 13.5. The third-order valence-electron chi connectivity index (χ3n) is 5.80. The fraction of sp³-hybridized carbons (Fsp3) is 0.393. The largest absolute Gasteiger partial charge is 0.489 e. The van der Waals surface area contributed by atoms with Crippen molar-refractivity contribution in [3.8, 4) is 5.75 Å². The van der Waals surface area contributed by atoms with Gasteiger partial charge in [0.05, 0.1) is 11.0 Å². The van der Waals surface area contributed by atoms with E-state index in [2.05, 4.69) is 21.8 Å². The number of fused-ring (bicyclic) bond motifs is 3. The number of unbranched alkanes of at least 4 members (excludes halogenated alkanes) is 1. The van der Waals surface area contributed by atoms with Crippen molar-refractivity contribution >= 4 is 33.8 Å². The molecule has 4 aromatic rings. The average Bonchev–Trinajstić information content (AvgIpc) is 3.21. The molecule has 8 nitrogen and oxygen atoms in total.